The van der Waals surface area contributed by atoms with E-state index in [0.29, 0.717) is 18.0 Å². The van der Waals surface area contributed by atoms with Crippen molar-refractivity contribution < 1.29 is 14.7 Å². The molecule has 2 amide bonds. The zero-order valence-corrected chi connectivity index (χ0v) is 13.6. The molecule has 2 aromatic rings. The number of amides is 2. The summed E-state index contributed by atoms with van der Waals surface area (Å²) in [6.07, 6.45) is 0.597. The van der Waals surface area contributed by atoms with Crippen LogP contribution in [0.3, 0.4) is 0 Å². The van der Waals surface area contributed by atoms with E-state index in [0.717, 1.165) is 5.56 Å². The Labute approximate surface area is 143 Å². The summed E-state index contributed by atoms with van der Waals surface area (Å²) < 4.78 is 0. The van der Waals surface area contributed by atoms with Crippen LogP contribution in [0.1, 0.15) is 17.3 Å². The summed E-state index contributed by atoms with van der Waals surface area (Å²) >= 11 is 1.33. The standard InChI is InChI=1S/C17H17N3O3S/c21-15(16-20(17(22)23)10-11-24-16)19-14(12-6-2-1-3-7-12)13-8-4-5-9-18-13/h1-9,14,16H,10-11H2,(H,19,21)(H,22,23)/t14-,16?/m1/s1. The smallest absolute Gasteiger partial charge is 0.408 e. The van der Waals surface area contributed by atoms with Crippen LogP contribution in [-0.4, -0.2) is 44.7 Å². The molecule has 1 saturated heterocycles. The molecule has 0 bridgehead atoms. The molecule has 124 valence electrons. The molecule has 24 heavy (non-hydrogen) atoms. The molecule has 1 aromatic heterocycles. The molecular formula is C17H17N3O3S. The van der Waals surface area contributed by atoms with Crippen LogP contribution in [0.15, 0.2) is 54.7 Å². The Morgan fingerprint density at radius 2 is 1.96 bits per heavy atom. The molecule has 1 aliphatic rings. The molecule has 7 heteroatoms. The highest BCUT2D eigenvalue weighted by atomic mass is 32.2. The Morgan fingerprint density at radius 3 is 2.62 bits per heavy atom. The monoisotopic (exact) mass is 343 g/mol. The highest BCUT2D eigenvalue weighted by molar-refractivity contribution is 8.00. The van der Waals surface area contributed by atoms with Crippen molar-refractivity contribution in [2.24, 2.45) is 0 Å². The predicted molar refractivity (Wildman–Crippen MR) is 91.6 cm³/mol. The molecule has 1 fully saturated rings. The van der Waals surface area contributed by atoms with Gasteiger partial charge < -0.3 is 10.4 Å². The van der Waals surface area contributed by atoms with E-state index in [1.807, 2.05) is 48.5 Å². The van der Waals surface area contributed by atoms with Crippen molar-refractivity contribution in [2.75, 3.05) is 12.3 Å². The van der Waals surface area contributed by atoms with Crippen LogP contribution in [0.2, 0.25) is 0 Å². The molecule has 0 aliphatic carbocycles. The van der Waals surface area contributed by atoms with E-state index in [1.165, 1.54) is 16.7 Å². The molecule has 2 atom stereocenters. The second kappa shape index (κ2) is 7.35. The van der Waals surface area contributed by atoms with Gasteiger partial charge in [0.25, 0.3) is 5.91 Å². The van der Waals surface area contributed by atoms with Gasteiger partial charge in [-0.15, -0.1) is 11.8 Å². The molecule has 0 radical (unpaired) electrons. The number of hydrogen-bond acceptors (Lipinski definition) is 4. The number of thioether (sulfide) groups is 1. The van der Waals surface area contributed by atoms with Crippen molar-refractivity contribution in [3.05, 3.63) is 66.0 Å². The van der Waals surface area contributed by atoms with Gasteiger partial charge in [-0.2, -0.15) is 0 Å². The van der Waals surface area contributed by atoms with E-state index < -0.39 is 17.5 Å². The van der Waals surface area contributed by atoms with Crippen LogP contribution in [0.5, 0.6) is 0 Å². The molecule has 1 aromatic carbocycles. The second-order valence-corrected chi connectivity index (χ2v) is 6.49. The van der Waals surface area contributed by atoms with E-state index in [2.05, 4.69) is 10.3 Å². The lowest BCUT2D eigenvalue weighted by molar-refractivity contribution is -0.123. The van der Waals surface area contributed by atoms with Crippen molar-refractivity contribution in [3.63, 3.8) is 0 Å². The third-order valence-electron chi connectivity index (χ3n) is 3.76. The Balaban J connectivity index is 1.85. The van der Waals surface area contributed by atoms with Gasteiger partial charge in [0.1, 0.15) is 0 Å². The van der Waals surface area contributed by atoms with Crippen LogP contribution in [-0.2, 0) is 4.79 Å². The van der Waals surface area contributed by atoms with Gasteiger partial charge in [-0.05, 0) is 17.7 Å². The van der Waals surface area contributed by atoms with Gasteiger partial charge in [-0.3, -0.25) is 14.7 Å². The molecule has 2 N–H and O–H groups in total. The number of carbonyl (C=O) groups excluding carboxylic acids is 1. The normalized spacial score (nSPS) is 18.2. The van der Waals surface area contributed by atoms with Gasteiger partial charge in [0, 0.05) is 18.5 Å². The quantitative estimate of drug-likeness (QED) is 0.890. The summed E-state index contributed by atoms with van der Waals surface area (Å²) in [5.74, 6) is 0.295. The molecule has 0 saturated carbocycles. The average Bonchev–Trinajstić information content (AvgIpc) is 3.11. The molecular weight excluding hydrogens is 326 g/mol. The van der Waals surface area contributed by atoms with E-state index in [-0.39, 0.29) is 5.91 Å². The third kappa shape index (κ3) is 3.51. The zero-order chi connectivity index (χ0) is 16.9. The first kappa shape index (κ1) is 16.3. The maximum Gasteiger partial charge on any atom is 0.408 e. The number of carboxylic acid groups (broad SMARTS) is 1. The zero-order valence-electron chi connectivity index (χ0n) is 12.8. The molecule has 6 nitrogen and oxygen atoms in total. The van der Waals surface area contributed by atoms with Crippen LogP contribution < -0.4 is 5.32 Å². The molecule has 3 rings (SSSR count). The highest BCUT2D eigenvalue weighted by Gasteiger charge is 2.36. The summed E-state index contributed by atoms with van der Waals surface area (Å²) in [7, 11) is 0. The largest absolute Gasteiger partial charge is 0.465 e. The van der Waals surface area contributed by atoms with E-state index in [4.69, 9.17) is 0 Å². The predicted octanol–water partition coefficient (Wildman–Crippen LogP) is 2.34. The lowest BCUT2D eigenvalue weighted by Crippen LogP contribution is -2.45. The minimum Gasteiger partial charge on any atom is -0.465 e. The number of benzene rings is 1. The fourth-order valence-corrected chi connectivity index (χ4v) is 3.74. The lowest BCUT2D eigenvalue weighted by atomic mass is 10.0. The molecule has 1 aliphatic heterocycles. The summed E-state index contributed by atoms with van der Waals surface area (Å²) in [6, 6.07) is 14.6. The number of pyridine rings is 1. The first-order chi connectivity index (χ1) is 11.7. The van der Waals surface area contributed by atoms with Gasteiger partial charge in [0.05, 0.1) is 11.7 Å². The first-order valence-corrected chi connectivity index (χ1v) is 8.59. The number of carbonyl (C=O) groups is 2. The summed E-state index contributed by atoms with van der Waals surface area (Å²) in [5, 5.41) is 11.4. The number of rotatable bonds is 4. The van der Waals surface area contributed by atoms with Gasteiger partial charge in [-0.1, -0.05) is 36.4 Å². The first-order valence-electron chi connectivity index (χ1n) is 7.54. The third-order valence-corrected chi connectivity index (χ3v) is 4.97. The number of aromatic nitrogens is 1. The van der Waals surface area contributed by atoms with Gasteiger partial charge in [-0.25, -0.2) is 4.79 Å². The molecule has 0 spiro atoms. The number of nitrogens with one attached hydrogen (secondary N) is 1. The van der Waals surface area contributed by atoms with E-state index >= 15 is 0 Å². The minimum absolute atomic E-state index is 0.320. The maximum absolute atomic E-state index is 12.7. The Morgan fingerprint density at radius 1 is 1.21 bits per heavy atom. The lowest BCUT2D eigenvalue weighted by Gasteiger charge is -2.24. The van der Waals surface area contributed by atoms with Crippen molar-refractivity contribution in [3.8, 4) is 0 Å². The molecule has 1 unspecified atom stereocenters. The SMILES string of the molecule is O=C(N[C@H](c1ccccc1)c1ccccn1)C1SCCN1C(=O)O. The summed E-state index contributed by atoms with van der Waals surface area (Å²) in [5.41, 5.74) is 1.61. The van der Waals surface area contributed by atoms with Gasteiger partial charge >= 0.3 is 6.09 Å². The average molecular weight is 343 g/mol. The number of nitrogens with zero attached hydrogens (tertiary/aromatic N) is 2. The van der Waals surface area contributed by atoms with E-state index in [9.17, 15) is 14.7 Å². The second-order valence-electron chi connectivity index (χ2n) is 5.31. The fraction of sp³-hybridized carbons (Fsp3) is 0.235. The Bertz CT molecular complexity index is 672. The topological polar surface area (TPSA) is 82.5 Å². The highest BCUT2D eigenvalue weighted by Crippen LogP contribution is 2.26. The van der Waals surface area contributed by atoms with Crippen molar-refractivity contribution in [2.45, 2.75) is 11.4 Å². The van der Waals surface area contributed by atoms with E-state index in [1.54, 1.807) is 6.20 Å². The van der Waals surface area contributed by atoms with Crippen LogP contribution in [0.25, 0.3) is 0 Å². The number of hydrogen-bond donors (Lipinski definition) is 2. The minimum atomic E-state index is -1.07. The Hall–Kier alpha value is -2.54. The van der Waals surface area contributed by atoms with Crippen molar-refractivity contribution in [1.82, 2.24) is 15.2 Å². The van der Waals surface area contributed by atoms with Crippen molar-refractivity contribution >= 4 is 23.8 Å². The van der Waals surface area contributed by atoms with Crippen molar-refractivity contribution in [1.29, 1.82) is 0 Å². The van der Waals surface area contributed by atoms with Crippen LogP contribution >= 0.6 is 11.8 Å². The van der Waals surface area contributed by atoms with Gasteiger partial charge in [0.15, 0.2) is 5.37 Å². The van der Waals surface area contributed by atoms with Crippen LogP contribution in [0.4, 0.5) is 4.79 Å². The van der Waals surface area contributed by atoms with Crippen LogP contribution in [0, 0.1) is 0 Å². The summed E-state index contributed by atoms with van der Waals surface area (Å²) in [6.45, 7) is 0.359. The summed E-state index contributed by atoms with van der Waals surface area (Å²) in [4.78, 5) is 29.4. The van der Waals surface area contributed by atoms with Gasteiger partial charge in [0.2, 0.25) is 0 Å². The Kier molecular flexibility index (Phi) is 5.00. The molecule has 2 heterocycles. The fourth-order valence-electron chi connectivity index (χ4n) is 2.62. The maximum atomic E-state index is 12.7.